The number of aromatic nitrogens is 1. The molecule has 0 unspecified atom stereocenters. The first kappa shape index (κ1) is 9.98. The van der Waals surface area contributed by atoms with Crippen molar-refractivity contribution in [3.63, 3.8) is 0 Å². The van der Waals surface area contributed by atoms with Crippen LogP contribution in [0, 0.1) is 6.92 Å². The highest BCUT2D eigenvalue weighted by Crippen LogP contribution is 2.20. The predicted octanol–water partition coefficient (Wildman–Crippen LogP) is 1.36. The van der Waals surface area contributed by atoms with Gasteiger partial charge in [0.15, 0.2) is 0 Å². The molecular formula is C8H8BrNO3. The molecule has 1 heterocycles. The molecule has 0 atom stereocenters. The van der Waals surface area contributed by atoms with Crippen LogP contribution >= 0.6 is 15.9 Å². The van der Waals surface area contributed by atoms with Gasteiger partial charge in [-0.1, -0.05) is 0 Å². The molecule has 0 aliphatic rings. The molecule has 5 heteroatoms. The Morgan fingerprint density at radius 2 is 2.08 bits per heavy atom. The van der Waals surface area contributed by atoms with Gasteiger partial charge in [0.1, 0.15) is 5.69 Å². The van der Waals surface area contributed by atoms with Crippen LogP contribution in [0.1, 0.15) is 16.2 Å². The quantitative estimate of drug-likeness (QED) is 0.633. The van der Waals surface area contributed by atoms with Crippen LogP contribution in [0.15, 0.2) is 10.5 Å². The topological polar surface area (TPSA) is 59.3 Å². The molecule has 0 radical (unpaired) electrons. The van der Waals surface area contributed by atoms with Crippen LogP contribution in [0.4, 0.5) is 0 Å². The highest BCUT2D eigenvalue weighted by Gasteiger charge is 2.21. The van der Waals surface area contributed by atoms with E-state index >= 15 is 0 Å². The third kappa shape index (κ3) is 1.65. The van der Waals surface area contributed by atoms with E-state index in [9.17, 15) is 9.59 Å². The average molecular weight is 246 g/mol. The van der Waals surface area contributed by atoms with Gasteiger partial charge in [0.25, 0.3) is 5.78 Å². The summed E-state index contributed by atoms with van der Waals surface area (Å²) >= 11 is 3.13. The van der Waals surface area contributed by atoms with Crippen LogP contribution in [0.5, 0.6) is 0 Å². The first-order valence-electron chi connectivity index (χ1n) is 3.54. The van der Waals surface area contributed by atoms with E-state index in [1.165, 1.54) is 0 Å². The third-order valence-electron chi connectivity index (χ3n) is 1.84. The van der Waals surface area contributed by atoms with E-state index < -0.39 is 11.8 Å². The fourth-order valence-corrected chi connectivity index (χ4v) is 1.82. The van der Waals surface area contributed by atoms with Gasteiger partial charge >= 0.3 is 5.97 Å². The van der Waals surface area contributed by atoms with Crippen LogP contribution < -0.4 is 0 Å². The molecule has 13 heavy (non-hydrogen) atoms. The molecule has 4 nitrogen and oxygen atoms in total. The Hall–Kier alpha value is -1.10. The van der Waals surface area contributed by atoms with Crippen molar-refractivity contribution in [2.75, 3.05) is 0 Å². The number of rotatable bonds is 2. The van der Waals surface area contributed by atoms with Gasteiger partial charge in [0.05, 0.1) is 0 Å². The summed E-state index contributed by atoms with van der Waals surface area (Å²) in [5.74, 6) is -2.34. The fourth-order valence-electron chi connectivity index (χ4n) is 1.05. The Labute approximate surface area is 83.3 Å². The molecule has 70 valence electrons. The summed E-state index contributed by atoms with van der Waals surface area (Å²) in [6, 6.07) is 1.70. The number of hydrogen-bond donors (Lipinski definition) is 1. The Bertz CT molecular complexity index is 381. The summed E-state index contributed by atoms with van der Waals surface area (Å²) in [6.45, 7) is 1.80. The van der Waals surface area contributed by atoms with Crippen LogP contribution in [0.3, 0.4) is 0 Å². The van der Waals surface area contributed by atoms with Gasteiger partial charge < -0.3 is 9.67 Å². The number of aliphatic carboxylic acids is 1. The number of halogens is 1. The van der Waals surface area contributed by atoms with Gasteiger partial charge in [-0.15, -0.1) is 0 Å². The minimum absolute atomic E-state index is 0.171. The normalized spacial score (nSPS) is 10.1. The molecular weight excluding hydrogens is 238 g/mol. The highest BCUT2D eigenvalue weighted by atomic mass is 79.9. The minimum atomic E-state index is -1.44. The zero-order chi connectivity index (χ0) is 10.2. The molecule has 0 saturated carbocycles. The second-order valence-electron chi connectivity index (χ2n) is 2.68. The Morgan fingerprint density at radius 1 is 1.54 bits per heavy atom. The molecule has 1 N–H and O–H groups in total. The summed E-state index contributed by atoms with van der Waals surface area (Å²) in [5, 5.41) is 8.51. The number of Topliss-reactive ketones (excluding diaryl/α,β-unsaturated/α-hetero) is 1. The number of aryl methyl sites for hydroxylation is 1. The standard InChI is InChI=1S/C8H8BrNO3/c1-4-3-5(9)6(10(4)2)7(11)8(12)13/h3H,1-2H3,(H,12,13). The number of ketones is 1. The maximum absolute atomic E-state index is 11.1. The zero-order valence-corrected chi connectivity index (χ0v) is 8.75. The summed E-state index contributed by atoms with van der Waals surface area (Å²) in [4.78, 5) is 21.6. The monoisotopic (exact) mass is 245 g/mol. The van der Waals surface area contributed by atoms with Crippen molar-refractivity contribution < 1.29 is 14.7 Å². The molecule has 1 rings (SSSR count). The van der Waals surface area contributed by atoms with Crippen LogP contribution in [0.2, 0.25) is 0 Å². The lowest BCUT2D eigenvalue weighted by Crippen LogP contribution is -2.17. The highest BCUT2D eigenvalue weighted by molar-refractivity contribution is 9.10. The lowest BCUT2D eigenvalue weighted by atomic mass is 10.3. The van der Waals surface area contributed by atoms with Crippen molar-refractivity contribution in [3.8, 4) is 0 Å². The molecule has 0 amide bonds. The van der Waals surface area contributed by atoms with Gasteiger partial charge in [0.2, 0.25) is 0 Å². The van der Waals surface area contributed by atoms with E-state index in [2.05, 4.69) is 15.9 Å². The van der Waals surface area contributed by atoms with Crippen molar-refractivity contribution in [1.82, 2.24) is 4.57 Å². The van der Waals surface area contributed by atoms with Crippen molar-refractivity contribution in [1.29, 1.82) is 0 Å². The summed E-state index contributed by atoms with van der Waals surface area (Å²) in [7, 11) is 1.65. The van der Waals surface area contributed by atoms with Crippen molar-refractivity contribution in [2.24, 2.45) is 7.05 Å². The van der Waals surface area contributed by atoms with Gasteiger partial charge in [-0.3, -0.25) is 4.79 Å². The molecule has 0 saturated heterocycles. The van der Waals surface area contributed by atoms with E-state index in [1.54, 1.807) is 24.6 Å². The van der Waals surface area contributed by atoms with E-state index in [4.69, 9.17) is 5.11 Å². The van der Waals surface area contributed by atoms with Crippen molar-refractivity contribution in [3.05, 3.63) is 21.9 Å². The second-order valence-corrected chi connectivity index (χ2v) is 3.53. The predicted molar refractivity (Wildman–Crippen MR) is 49.8 cm³/mol. The maximum atomic E-state index is 11.1. The molecule has 0 aliphatic heterocycles. The van der Waals surface area contributed by atoms with Crippen LogP contribution in [-0.4, -0.2) is 21.4 Å². The molecule has 1 aromatic rings. The van der Waals surface area contributed by atoms with E-state index in [1.807, 2.05) is 0 Å². The zero-order valence-electron chi connectivity index (χ0n) is 7.17. The number of carbonyl (C=O) groups is 2. The lowest BCUT2D eigenvalue weighted by molar-refractivity contribution is -0.131. The van der Waals surface area contributed by atoms with Gasteiger partial charge in [-0.05, 0) is 28.9 Å². The second kappa shape index (κ2) is 3.33. The molecule has 0 aliphatic carbocycles. The third-order valence-corrected chi connectivity index (χ3v) is 2.44. The summed E-state index contributed by atoms with van der Waals surface area (Å²) in [6.07, 6.45) is 0. The Morgan fingerprint density at radius 3 is 2.38 bits per heavy atom. The maximum Gasteiger partial charge on any atom is 0.378 e. The lowest BCUT2D eigenvalue weighted by Gasteiger charge is -2.00. The average Bonchev–Trinajstić information content (AvgIpc) is 2.26. The number of carboxylic acid groups (broad SMARTS) is 1. The number of carboxylic acids is 1. The number of nitrogens with zero attached hydrogens (tertiary/aromatic N) is 1. The smallest absolute Gasteiger partial charge is 0.378 e. The van der Waals surface area contributed by atoms with Crippen LogP contribution in [-0.2, 0) is 11.8 Å². The van der Waals surface area contributed by atoms with E-state index in [-0.39, 0.29) is 5.69 Å². The Kier molecular flexibility index (Phi) is 2.56. The van der Waals surface area contributed by atoms with Gasteiger partial charge in [-0.2, -0.15) is 0 Å². The summed E-state index contributed by atoms with van der Waals surface area (Å²) < 4.78 is 2.06. The SMILES string of the molecule is Cc1cc(Br)c(C(=O)C(=O)O)n1C. The first-order valence-corrected chi connectivity index (χ1v) is 4.34. The molecule has 0 bridgehead atoms. The molecule has 1 aromatic heterocycles. The molecule has 0 fully saturated rings. The fraction of sp³-hybridized carbons (Fsp3) is 0.250. The number of hydrogen-bond acceptors (Lipinski definition) is 2. The van der Waals surface area contributed by atoms with Crippen molar-refractivity contribution >= 4 is 27.7 Å². The van der Waals surface area contributed by atoms with E-state index in [0.29, 0.717) is 4.47 Å². The first-order chi connectivity index (χ1) is 5.95. The van der Waals surface area contributed by atoms with E-state index in [0.717, 1.165) is 5.69 Å². The van der Waals surface area contributed by atoms with Gasteiger partial charge in [-0.25, -0.2) is 4.79 Å². The largest absolute Gasteiger partial charge is 0.475 e. The molecule has 0 aromatic carbocycles. The summed E-state index contributed by atoms with van der Waals surface area (Å²) in [5.41, 5.74) is 1.00. The minimum Gasteiger partial charge on any atom is -0.475 e. The molecule has 0 spiro atoms. The van der Waals surface area contributed by atoms with Crippen molar-refractivity contribution in [2.45, 2.75) is 6.92 Å². The number of carbonyl (C=O) groups excluding carboxylic acids is 1. The van der Waals surface area contributed by atoms with Crippen LogP contribution in [0.25, 0.3) is 0 Å². The Balaban J connectivity index is 3.29. The van der Waals surface area contributed by atoms with Gasteiger partial charge in [0, 0.05) is 17.2 Å².